The number of aromatic nitrogens is 2. The standard InChI is InChI=1S/C13H12F3N3O4S/c14-13(15,16)23-10-3-1-2-4-11(10)24(20,21)19-6-5-9(7-19)12-17-8-22-18-12/h1-4,8-9H,5-7H2. The predicted octanol–water partition coefficient (Wildman–Crippen LogP) is 2.15. The van der Waals surface area contributed by atoms with E-state index in [1.54, 1.807) is 0 Å². The molecule has 24 heavy (non-hydrogen) atoms. The highest BCUT2D eigenvalue weighted by Gasteiger charge is 2.38. The Labute approximate surface area is 135 Å². The largest absolute Gasteiger partial charge is 0.573 e. The van der Waals surface area contributed by atoms with Crippen molar-refractivity contribution in [1.29, 1.82) is 0 Å². The van der Waals surface area contributed by atoms with Crippen LogP contribution in [0.3, 0.4) is 0 Å². The van der Waals surface area contributed by atoms with Crippen LogP contribution in [0.15, 0.2) is 40.1 Å². The minimum absolute atomic E-state index is 0.0578. The first-order valence-corrected chi connectivity index (χ1v) is 8.32. The zero-order valence-corrected chi connectivity index (χ0v) is 12.9. The summed E-state index contributed by atoms with van der Waals surface area (Å²) in [4.78, 5) is 3.35. The van der Waals surface area contributed by atoms with Crippen LogP contribution in [0.2, 0.25) is 0 Å². The molecule has 0 radical (unpaired) electrons. The van der Waals surface area contributed by atoms with Crippen molar-refractivity contribution in [3.05, 3.63) is 36.5 Å². The van der Waals surface area contributed by atoms with Crippen LogP contribution in [0.5, 0.6) is 5.75 Å². The van der Waals surface area contributed by atoms with Gasteiger partial charge in [-0.05, 0) is 18.6 Å². The smallest absolute Gasteiger partial charge is 0.404 e. The minimum Gasteiger partial charge on any atom is -0.404 e. The Balaban J connectivity index is 1.87. The number of nitrogens with zero attached hydrogens (tertiary/aromatic N) is 3. The lowest BCUT2D eigenvalue weighted by molar-refractivity contribution is -0.275. The van der Waals surface area contributed by atoms with Crippen LogP contribution >= 0.6 is 0 Å². The van der Waals surface area contributed by atoms with E-state index in [1.165, 1.54) is 12.1 Å². The number of hydrogen-bond donors (Lipinski definition) is 0. The van der Waals surface area contributed by atoms with Crippen molar-refractivity contribution in [2.45, 2.75) is 23.6 Å². The van der Waals surface area contributed by atoms with Gasteiger partial charge >= 0.3 is 6.36 Å². The number of ether oxygens (including phenoxy) is 1. The van der Waals surface area contributed by atoms with Gasteiger partial charge < -0.3 is 9.26 Å². The van der Waals surface area contributed by atoms with Gasteiger partial charge in [-0.15, -0.1) is 13.2 Å². The van der Waals surface area contributed by atoms with Crippen LogP contribution in [0.25, 0.3) is 0 Å². The second-order valence-corrected chi connectivity index (χ2v) is 7.04. The zero-order chi connectivity index (χ0) is 17.4. The fraction of sp³-hybridized carbons (Fsp3) is 0.385. The maximum atomic E-state index is 12.7. The van der Waals surface area contributed by atoms with E-state index in [9.17, 15) is 21.6 Å². The number of halogens is 3. The Kier molecular flexibility index (Phi) is 4.22. The zero-order valence-electron chi connectivity index (χ0n) is 12.1. The monoisotopic (exact) mass is 363 g/mol. The summed E-state index contributed by atoms with van der Waals surface area (Å²) in [6, 6.07) is 4.65. The van der Waals surface area contributed by atoms with Crippen LogP contribution in [0.4, 0.5) is 13.2 Å². The van der Waals surface area contributed by atoms with Gasteiger partial charge in [0.1, 0.15) is 10.6 Å². The van der Waals surface area contributed by atoms with Crippen LogP contribution < -0.4 is 4.74 Å². The summed E-state index contributed by atoms with van der Waals surface area (Å²) in [6.07, 6.45) is -3.40. The van der Waals surface area contributed by atoms with Crippen LogP contribution in [-0.2, 0) is 10.0 Å². The average Bonchev–Trinajstić information content (AvgIpc) is 3.17. The molecule has 0 amide bonds. The second-order valence-electron chi connectivity index (χ2n) is 5.13. The summed E-state index contributed by atoms with van der Waals surface area (Å²) in [7, 11) is -4.14. The molecule has 1 aromatic carbocycles. The number of para-hydroxylation sites is 1. The summed E-state index contributed by atoms with van der Waals surface area (Å²) in [6.45, 7) is 0.199. The molecule has 11 heteroatoms. The highest BCUT2D eigenvalue weighted by atomic mass is 32.2. The Morgan fingerprint density at radius 2 is 2.04 bits per heavy atom. The second kappa shape index (κ2) is 6.06. The van der Waals surface area contributed by atoms with Gasteiger partial charge in [0.15, 0.2) is 5.82 Å². The fourth-order valence-electron chi connectivity index (χ4n) is 2.53. The summed E-state index contributed by atoms with van der Waals surface area (Å²) in [5.74, 6) is -0.658. The number of rotatable bonds is 4. The summed E-state index contributed by atoms with van der Waals surface area (Å²) < 4.78 is 72.3. The molecule has 1 aliphatic rings. The molecule has 1 fully saturated rings. The summed E-state index contributed by atoms with van der Waals surface area (Å²) >= 11 is 0. The fourth-order valence-corrected chi connectivity index (χ4v) is 4.14. The van der Waals surface area contributed by atoms with Gasteiger partial charge in [-0.3, -0.25) is 0 Å². The van der Waals surface area contributed by atoms with Crippen LogP contribution in [0.1, 0.15) is 18.2 Å². The van der Waals surface area contributed by atoms with Crippen molar-refractivity contribution in [3.8, 4) is 5.75 Å². The molecule has 0 spiro atoms. The lowest BCUT2D eigenvalue weighted by atomic mass is 10.1. The maximum absolute atomic E-state index is 12.7. The Morgan fingerprint density at radius 1 is 1.29 bits per heavy atom. The highest BCUT2D eigenvalue weighted by Crippen LogP contribution is 2.34. The van der Waals surface area contributed by atoms with Gasteiger partial charge in [-0.2, -0.15) is 9.29 Å². The lowest BCUT2D eigenvalue weighted by Crippen LogP contribution is -2.30. The molecule has 2 heterocycles. The molecule has 0 saturated carbocycles. The molecule has 7 nitrogen and oxygen atoms in total. The molecule has 0 bridgehead atoms. The minimum atomic E-state index is -4.98. The van der Waals surface area contributed by atoms with Gasteiger partial charge in [-0.1, -0.05) is 17.3 Å². The Morgan fingerprint density at radius 3 is 2.71 bits per heavy atom. The first kappa shape index (κ1) is 16.7. The van der Waals surface area contributed by atoms with Gasteiger partial charge in [0.05, 0.1) is 0 Å². The van der Waals surface area contributed by atoms with Crippen molar-refractivity contribution >= 4 is 10.0 Å². The first-order valence-electron chi connectivity index (χ1n) is 6.88. The van der Waals surface area contributed by atoms with E-state index in [4.69, 9.17) is 0 Å². The molecule has 130 valence electrons. The molecule has 2 aromatic rings. The number of benzene rings is 1. The van der Waals surface area contributed by atoms with Crippen LogP contribution in [0, 0.1) is 0 Å². The van der Waals surface area contributed by atoms with Crippen molar-refractivity contribution in [2.24, 2.45) is 0 Å². The molecular weight excluding hydrogens is 351 g/mol. The summed E-state index contributed by atoms with van der Waals surface area (Å²) in [5, 5.41) is 3.67. The van der Waals surface area contributed by atoms with E-state index in [1.807, 2.05) is 0 Å². The lowest BCUT2D eigenvalue weighted by Gasteiger charge is -2.19. The van der Waals surface area contributed by atoms with Crippen molar-refractivity contribution < 1.29 is 30.8 Å². The third-order valence-electron chi connectivity index (χ3n) is 3.59. The highest BCUT2D eigenvalue weighted by molar-refractivity contribution is 7.89. The van der Waals surface area contributed by atoms with Crippen LogP contribution in [-0.4, -0.2) is 42.3 Å². The molecule has 1 atom stereocenters. The van der Waals surface area contributed by atoms with E-state index >= 15 is 0 Å². The van der Waals surface area contributed by atoms with Gasteiger partial charge in [0, 0.05) is 19.0 Å². The Hall–Kier alpha value is -2.14. The third kappa shape index (κ3) is 3.36. The molecule has 0 aliphatic carbocycles. The quantitative estimate of drug-likeness (QED) is 0.827. The van der Waals surface area contributed by atoms with E-state index < -0.39 is 27.0 Å². The summed E-state index contributed by atoms with van der Waals surface area (Å²) in [5.41, 5.74) is 0. The van der Waals surface area contributed by atoms with Gasteiger partial charge in [0.25, 0.3) is 0 Å². The first-order chi connectivity index (χ1) is 11.3. The predicted molar refractivity (Wildman–Crippen MR) is 73.5 cm³/mol. The third-order valence-corrected chi connectivity index (χ3v) is 5.49. The molecule has 1 aromatic heterocycles. The van der Waals surface area contributed by atoms with Crippen molar-refractivity contribution in [2.75, 3.05) is 13.1 Å². The SMILES string of the molecule is O=S(=O)(c1ccccc1OC(F)(F)F)N1CCC(c2ncon2)C1. The van der Waals surface area contributed by atoms with Gasteiger partial charge in [-0.25, -0.2) is 8.42 Å². The topological polar surface area (TPSA) is 85.5 Å². The maximum Gasteiger partial charge on any atom is 0.573 e. The molecule has 1 unspecified atom stereocenters. The van der Waals surface area contributed by atoms with Crippen molar-refractivity contribution in [1.82, 2.24) is 14.4 Å². The normalized spacial score (nSPS) is 19.5. The molecule has 3 rings (SSSR count). The Bertz CT molecular complexity index is 808. The van der Waals surface area contributed by atoms with E-state index in [-0.39, 0.29) is 19.0 Å². The molecular formula is C13H12F3N3O4S. The number of sulfonamides is 1. The average molecular weight is 363 g/mol. The van der Waals surface area contributed by atoms with Crippen molar-refractivity contribution in [3.63, 3.8) is 0 Å². The van der Waals surface area contributed by atoms with E-state index in [0.29, 0.717) is 12.2 Å². The molecule has 1 saturated heterocycles. The van der Waals surface area contributed by atoms with E-state index in [0.717, 1.165) is 22.8 Å². The molecule has 0 N–H and O–H groups in total. The van der Waals surface area contributed by atoms with Gasteiger partial charge in [0.2, 0.25) is 16.4 Å². The number of alkyl halides is 3. The van der Waals surface area contributed by atoms with E-state index in [2.05, 4.69) is 19.4 Å². The molecule has 1 aliphatic heterocycles. The number of hydrogen-bond acceptors (Lipinski definition) is 6.